The number of amides is 1. The average Bonchev–Trinajstić information content (AvgIpc) is 3.17. The number of carbonyl (C=O) groups excluding carboxylic acids is 1. The van der Waals surface area contributed by atoms with Crippen LogP contribution in [0, 0.1) is 20.8 Å². The summed E-state index contributed by atoms with van der Waals surface area (Å²) in [6, 6.07) is 13.3. The number of para-hydroxylation sites is 1. The molecular formula is C20H18N4O2. The normalized spacial score (nSPS) is 11.0. The predicted octanol–water partition coefficient (Wildman–Crippen LogP) is 4.19. The number of hydrogen-bond acceptors (Lipinski definition) is 4. The van der Waals surface area contributed by atoms with Gasteiger partial charge >= 0.3 is 0 Å². The van der Waals surface area contributed by atoms with Gasteiger partial charge in [0.05, 0.1) is 23.1 Å². The van der Waals surface area contributed by atoms with Crippen molar-refractivity contribution in [2.75, 3.05) is 5.32 Å². The summed E-state index contributed by atoms with van der Waals surface area (Å²) in [5.74, 6) is 0.390. The first-order valence-corrected chi connectivity index (χ1v) is 8.32. The maximum Gasteiger partial charge on any atom is 0.259 e. The van der Waals surface area contributed by atoms with E-state index in [2.05, 4.69) is 15.4 Å². The molecule has 26 heavy (non-hydrogen) atoms. The zero-order valence-corrected chi connectivity index (χ0v) is 14.8. The number of hydrogen-bond donors (Lipinski definition) is 1. The number of aromatic nitrogens is 3. The SMILES string of the molecule is Cc1nc2cc(NC(=O)c3cnn(-c4ccccc4C)c3C)ccc2o1. The van der Waals surface area contributed by atoms with Gasteiger partial charge in [-0.15, -0.1) is 0 Å². The number of rotatable bonds is 3. The van der Waals surface area contributed by atoms with Gasteiger partial charge in [0, 0.05) is 12.6 Å². The summed E-state index contributed by atoms with van der Waals surface area (Å²) in [6.07, 6.45) is 1.59. The van der Waals surface area contributed by atoms with Crippen LogP contribution in [0.3, 0.4) is 0 Å². The van der Waals surface area contributed by atoms with Crippen molar-refractivity contribution in [3.8, 4) is 5.69 Å². The maximum atomic E-state index is 12.7. The first-order valence-electron chi connectivity index (χ1n) is 8.32. The Bertz CT molecular complexity index is 1120. The Morgan fingerprint density at radius 2 is 1.92 bits per heavy atom. The summed E-state index contributed by atoms with van der Waals surface area (Å²) in [7, 11) is 0. The Morgan fingerprint density at radius 3 is 2.73 bits per heavy atom. The Hall–Kier alpha value is -3.41. The van der Waals surface area contributed by atoms with E-state index in [9.17, 15) is 4.79 Å². The minimum absolute atomic E-state index is 0.207. The van der Waals surface area contributed by atoms with Gasteiger partial charge in [-0.25, -0.2) is 9.67 Å². The van der Waals surface area contributed by atoms with Crippen LogP contribution < -0.4 is 5.32 Å². The topological polar surface area (TPSA) is 73.0 Å². The van der Waals surface area contributed by atoms with Crippen LogP contribution in [0.2, 0.25) is 0 Å². The number of nitrogens with one attached hydrogen (secondary N) is 1. The molecule has 0 fully saturated rings. The lowest BCUT2D eigenvalue weighted by molar-refractivity contribution is 0.102. The molecule has 2 heterocycles. The quantitative estimate of drug-likeness (QED) is 0.604. The smallest absolute Gasteiger partial charge is 0.259 e. The van der Waals surface area contributed by atoms with E-state index in [1.165, 1.54) is 0 Å². The van der Waals surface area contributed by atoms with Gasteiger partial charge in [-0.1, -0.05) is 18.2 Å². The fourth-order valence-electron chi connectivity index (χ4n) is 3.00. The lowest BCUT2D eigenvalue weighted by Gasteiger charge is -2.09. The number of aryl methyl sites for hydroxylation is 2. The van der Waals surface area contributed by atoms with Crippen LogP contribution in [0.15, 0.2) is 53.1 Å². The largest absolute Gasteiger partial charge is 0.441 e. The molecular weight excluding hydrogens is 328 g/mol. The van der Waals surface area contributed by atoms with E-state index < -0.39 is 0 Å². The molecule has 0 saturated carbocycles. The third-order valence-corrected chi connectivity index (χ3v) is 4.35. The Balaban J connectivity index is 1.63. The Kier molecular flexibility index (Phi) is 3.80. The molecule has 0 aliphatic rings. The molecule has 1 amide bonds. The summed E-state index contributed by atoms with van der Waals surface area (Å²) in [5, 5.41) is 7.30. The zero-order chi connectivity index (χ0) is 18.3. The summed E-state index contributed by atoms with van der Waals surface area (Å²) < 4.78 is 7.24. The Labute approximate surface area is 150 Å². The number of fused-ring (bicyclic) bond motifs is 1. The van der Waals surface area contributed by atoms with Crippen molar-refractivity contribution in [3.63, 3.8) is 0 Å². The average molecular weight is 346 g/mol. The molecule has 0 unspecified atom stereocenters. The molecule has 0 bridgehead atoms. The van der Waals surface area contributed by atoms with Gasteiger partial charge in [0.1, 0.15) is 5.52 Å². The van der Waals surface area contributed by atoms with E-state index in [1.54, 1.807) is 36.0 Å². The number of benzene rings is 2. The molecule has 0 atom stereocenters. The molecule has 6 heteroatoms. The standard InChI is InChI=1S/C20H18N4O2/c1-12-6-4-5-7-18(12)24-13(2)16(11-21-24)20(25)23-15-8-9-19-17(10-15)22-14(3)26-19/h4-11H,1-3H3,(H,23,25). The second kappa shape index (κ2) is 6.15. The zero-order valence-electron chi connectivity index (χ0n) is 14.8. The fourth-order valence-corrected chi connectivity index (χ4v) is 3.00. The van der Waals surface area contributed by atoms with Gasteiger partial charge in [0.15, 0.2) is 11.5 Å². The highest BCUT2D eigenvalue weighted by molar-refractivity contribution is 6.05. The molecule has 4 rings (SSSR count). The van der Waals surface area contributed by atoms with Crippen LogP contribution in [0.5, 0.6) is 0 Å². The van der Waals surface area contributed by atoms with Crippen LogP contribution >= 0.6 is 0 Å². The van der Waals surface area contributed by atoms with Crippen molar-refractivity contribution in [1.29, 1.82) is 0 Å². The molecule has 130 valence electrons. The molecule has 1 N–H and O–H groups in total. The van der Waals surface area contributed by atoms with E-state index in [-0.39, 0.29) is 5.91 Å². The molecule has 4 aromatic rings. The second-order valence-electron chi connectivity index (χ2n) is 6.21. The molecule has 0 aliphatic heterocycles. The van der Waals surface area contributed by atoms with Crippen LogP contribution in [0.4, 0.5) is 5.69 Å². The second-order valence-corrected chi connectivity index (χ2v) is 6.21. The highest BCUT2D eigenvalue weighted by Gasteiger charge is 2.16. The van der Waals surface area contributed by atoms with Gasteiger partial charge in [-0.05, 0) is 43.7 Å². The molecule has 2 aromatic carbocycles. The molecule has 0 saturated heterocycles. The van der Waals surface area contributed by atoms with E-state index in [4.69, 9.17) is 4.42 Å². The van der Waals surface area contributed by atoms with E-state index in [0.29, 0.717) is 28.2 Å². The monoisotopic (exact) mass is 346 g/mol. The molecule has 0 radical (unpaired) electrons. The van der Waals surface area contributed by atoms with Gasteiger partial charge in [-0.3, -0.25) is 4.79 Å². The van der Waals surface area contributed by atoms with Crippen molar-refractivity contribution in [3.05, 3.63) is 71.4 Å². The molecule has 0 aliphatic carbocycles. The van der Waals surface area contributed by atoms with Gasteiger partial charge in [0.25, 0.3) is 5.91 Å². The molecule has 6 nitrogen and oxygen atoms in total. The van der Waals surface area contributed by atoms with E-state index in [0.717, 1.165) is 16.9 Å². The summed E-state index contributed by atoms with van der Waals surface area (Å²) in [6.45, 7) is 5.70. The summed E-state index contributed by atoms with van der Waals surface area (Å²) in [4.78, 5) is 17.0. The highest BCUT2D eigenvalue weighted by Crippen LogP contribution is 2.22. The van der Waals surface area contributed by atoms with Crippen molar-refractivity contribution in [2.24, 2.45) is 0 Å². The molecule has 2 aromatic heterocycles. The van der Waals surface area contributed by atoms with Crippen molar-refractivity contribution >= 4 is 22.7 Å². The van der Waals surface area contributed by atoms with E-state index >= 15 is 0 Å². The third-order valence-electron chi connectivity index (χ3n) is 4.35. The van der Waals surface area contributed by atoms with Gasteiger partial charge in [0.2, 0.25) is 0 Å². The lowest BCUT2D eigenvalue weighted by Crippen LogP contribution is -2.13. The van der Waals surface area contributed by atoms with Crippen molar-refractivity contribution in [2.45, 2.75) is 20.8 Å². The van der Waals surface area contributed by atoms with Crippen LogP contribution in [-0.2, 0) is 0 Å². The molecule has 0 spiro atoms. The maximum absolute atomic E-state index is 12.7. The number of carbonyl (C=O) groups is 1. The number of oxazole rings is 1. The Morgan fingerprint density at radius 1 is 1.12 bits per heavy atom. The first-order chi connectivity index (χ1) is 12.5. The minimum Gasteiger partial charge on any atom is -0.441 e. The van der Waals surface area contributed by atoms with Gasteiger partial charge < -0.3 is 9.73 Å². The number of anilines is 1. The third kappa shape index (κ3) is 2.75. The predicted molar refractivity (Wildman–Crippen MR) is 99.7 cm³/mol. The van der Waals surface area contributed by atoms with Crippen molar-refractivity contribution in [1.82, 2.24) is 14.8 Å². The van der Waals surface area contributed by atoms with E-state index in [1.807, 2.05) is 38.1 Å². The lowest BCUT2D eigenvalue weighted by atomic mass is 10.2. The van der Waals surface area contributed by atoms with Crippen LogP contribution in [-0.4, -0.2) is 20.7 Å². The highest BCUT2D eigenvalue weighted by atomic mass is 16.3. The fraction of sp³-hybridized carbons (Fsp3) is 0.150. The van der Waals surface area contributed by atoms with Crippen LogP contribution in [0.25, 0.3) is 16.8 Å². The van der Waals surface area contributed by atoms with Crippen molar-refractivity contribution < 1.29 is 9.21 Å². The summed E-state index contributed by atoms with van der Waals surface area (Å²) in [5.41, 5.74) is 5.46. The minimum atomic E-state index is -0.207. The van der Waals surface area contributed by atoms with Gasteiger partial charge in [-0.2, -0.15) is 5.10 Å². The van der Waals surface area contributed by atoms with Crippen LogP contribution in [0.1, 0.15) is 27.5 Å². The number of nitrogens with zero attached hydrogens (tertiary/aromatic N) is 3. The summed E-state index contributed by atoms with van der Waals surface area (Å²) >= 11 is 0. The first kappa shape index (κ1) is 16.1.